The summed E-state index contributed by atoms with van der Waals surface area (Å²) in [6.07, 6.45) is 2.98. The fourth-order valence-electron chi connectivity index (χ4n) is 2.17. The number of allylic oxidation sites excluding steroid dienone is 3. The number of nitriles is 1. The summed E-state index contributed by atoms with van der Waals surface area (Å²) in [4.78, 5) is 0. The van der Waals surface area contributed by atoms with Gasteiger partial charge in [-0.2, -0.15) is 5.26 Å². The predicted molar refractivity (Wildman–Crippen MR) is 48.4 cm³/mol. The zero-order chi connectivity index (χ0) is 9.42. The number of nitrogens with one attached hydrogen (secondary N) is 1. The van der Waals surface area contributed by atoms with E-state index < -0.39 is 0 Å². The molecule has 0 spiro atoms. The molecule has 1 aliphatic heterocycles. The molecule has 0 aromatic rings. The van der Waals surface area contributed by atoms with Crippen molar-refractivity contribution in [1.82, 2.24) is 0 Å². The molecule has 2 aliphatic rings. The highest BCUT2D eigenvalue weighted by atomic mass is 16.5. The van der Waals surface area contributed by atoms with Crippen molar-refractivity contribution in [2.24, 2.45) is 0 Å². The largest absolute Gasteiger partial charge is 0.629 e. The maximum absolute atomic E-state index is 11.5. The Morgan fingerprint density at radius 3 is 2.92 bits per heavy atom. The van der Waals surface area contributed by atoms with Crippen LogP contribution in [0.15, 0.2) is 22.4 Å². The van der Waals surface area contributed by atoms with Crippen LogP contribution in [0.25, 0.3) is 0 Å². The van der Waals surface area contributed by atoms with Crippen molar-refractivity contribution in [2.75, 3.05) is 6.54 Å². The lowest BCUT2D eigenvalue weighted by Crippen LogP contribution is -3.06. The van der Waals surface area contributed by atoms with Gasteiger partial charge in [0.1, 0.15) is 18.3 Å². The lowest BCUT2D eigenvalue weighted by atomic mass is 9.98. The fourth-order valence-corrected chi connectivity index (χ4v) is 2.17. The average molecular weight is 176 g/mol. The van der Waals surface area contributed by atoms with Gasteiger partial charge in [-0.3, -0.25) is 0 Å². The van der Waals surface area contributed by atoms with E-state index in [1.165, 1.54) is 0 Å². The summed E-state index contributed by atoms with van der Waals surface area (Å²) in [7, 11) is 0. The molecular weight excluding hydrogens is 164 g/mol. The molecule has 0 bridgehead atoms. The molecule has 1 N–H and O–H groups in total. The second kappa shape index (κ2) is 2.99. The SMILES string of the molecule is CC1=C(C#N)C[NH+]([O-])C2=C1CCC2. The minimum Gasteiger partial charge on any atom is -0.629 e. The van der Waals surface area contributed by atoms with E-state index in [0.29, 0.717) is 12.1 Å². The second-order valence-corrected chi connectivity index (χ2v) is 3.63. The molecule has 2 rings (SSSR count). The predicted octanol–water partition coefficient (Wildman–Crippen LogP) is 0.661. The van der Waals surface area contributed by atoms with Crippen LogP contribution < -0.4 is 5.06 Å². The lowest BCUT2D eigenvalue weighted by molar-refractivity contribution is -0.802. The van der Waals surface area contributed by atoms with Gasteiger partial charge >= 0.3 is 0 Å². The van der Waals surface area contributed by atoms with Crippen molar-refractivity contribution in [2.45, 2.75) is 26.2 Å². The summed E-state index contributed by atoms with van der Waals surface area (Å²) in [6.45, 7) is 2.30. The molecule has 0 radical (unpaired) electrons. The van der Waals surface area contributed by atoms with Crippen LogP contribution in [0.4, 0.5) is 0 Å². The number of hydrogen-bond acceptors (Lipinski definition) is 2. The van der Waals surface area contributed by atoms with E-state index in [4.69, 9.17) is 5.26 Å². The normalized spacial score (nSPS) is 27.6. The Morgan fingerprint density at radius 2 is 2.23 bits per heavy atom. The third kappa shape index (κ3) is 1.19. The zero-order valence-corrected chi connectivity index (χ0v) is 7.68. The van der Waals surface area contributed by atoms with Crippen LogP contribution >= 0.6 is 0 Å². The first kappa shape index (κ1) is 8.49. The Kier molecular flexibility index (Phi) is 1.95. The molecule has 3 heteroatoms. The van der Waals surface area contributed by atoms with Gasteiger partial charge in [-0.1, -0.05) is 0 Å². The molecule has 1 aliphatic carbocycles. The van der Waals surface area contributed by atoms with Crippen LogP contribution in [0.1, 0.15) is 26.2 Å². The maximum Gasteiger partial charge on any atom is 0.117 e. The standard InChI is InChI=1S/C10H12N2O/c1-7-8(5-11)6-12(13)10-4-2-3-9(7)10/h12H,2-4,6H2,1H3. The van der Waals surface area contributed by atoms with E-state index in [1.807, 2.05) is 6.92 Å². The molecule has 68 valence electrons. The average Bonchev–Trinajstić information content (AvgIpc) is 2.60. The van der Waals surface area contributed by atoms with Crippen molar-refractivity contribution >= 4 is 0 Å². The van der Waals surface area contributed by atoms with Gasteiger partial charge in [-0.15, -0.1) is 0 Å². The molecule has 1 atom stereocenters. The van der Waals surface area contributed by atoms with E-state index >= 15 is 0 Å². The Bertz CT molecular complexity index is 346. The molecule has 0 amide bonds. The van der Waals surface area contributed by atoms with Crippen LogP contribution in [0.2, 0.25) is 0 Å². The van der Waals surface area contributed by atoms with Gasteiger partial charge in [0.05, 0.1) is 5.57 Å². The minimum absolute atomic E-state index is 0.176. The van der Waals surface area contributed by atoms with Gasteiger partial charge in [-0.25, -0.2) is 0 Å². The summed E-state index contributed by atoms with van der Waals surface area (Å²) in [5.41, 5.74) is 3.89. The van der Waals surface area contributed by atoms with Crippen molar-refractivity contribution in [1.29, 1.82) is 5.26 Å². The first-order valence-electron chi connectivity index (χ1n) is 4.59. The van der Waals surface area contributed by atoms with Gasteiger partial charge in [0.2, 0.25) is 0 Å². The highest BCUT2D eigenvalue weighted by molar-refractivity contribution is 5.45. The number of hydroxylamine groups is 2. The fraction of sp³-hybridized carbons (Fsp3) is 0.500. The van der Waals surface area contributed by atoms with Crippen LogP contribution in [-0.2, 0) is 0 Å². The Labute approximate surface area is 77.5 Å². The molecule has 0 aromatic heterocycles. The monoisotopic (exact) mass is 176 g/mol. The van der Waals surface area contributed by atoms with Crippen molar-refractivity contribution in [3.63, 3.8) is 0 Å². The first-order valence-corrected chi connectivity index (χ1v) is 4.59. The molecule has 0 fully saturated rings. The van der Waals surface area contributed by atoms with Gasteiger partial charge in [0.15, 0.2) is 0 Å². The number of hydrogen-bond donors (Lipinski definition) is 1. The summed E-state index contributed by atoms with van der Waals surface area (Å²) < 4.78 is 0. The van der Waals surface area contributed by atoms with Gasteiger partial charge < -0.3 is 10.3 Å². The van der Waals surface area contributed by atoms with Gasteiger partial charge in [0, 0.05) is 12.0 Å². The summed E-state index contributed by atoms with van der Waals surface area (Å²) in [5, 5.41) is 20.5. The number of nitrogens with zero attached hydrogens (tertiary/aromatic N) is 1. The van der Waals surface area contributed by atoms with E-state index in [9.17, 15) is 5.21 Å². The van der Waals surface area contributed by atoms with Gasteiger partial charge in [-0.05, 0) is 25.3 Å². The van der Waals surface area contributed by atoms with Crippen LogP contribution in [0.5, 0.6) is 0 Å². The van der Waals surface area contributed by atoms with Crippen molar-refractivity contribution in [3.05, 3.63) is 27.6 Å². The van der Waals surface area contributed by atoms with Crippen LogP contribution in [-0.4, -0.2) is 6.54 Å². The lowest BCUT2D eigenvalue weighted by Gasteiger charge is -2.28. The van der Waals surface area contributed by atoms with E-state index in [2.05, 4.69) is 6.07 Å². The molecular formula is C10H12N2O. The summed E-state index contributed by atoms with van der Waals surface area (Å²) in [5.74, 6) is 0. The Hall–Kier alpha value is -1.11. The highest BCUT2D eigenvalue weighted by Crippen LogP contribution is 2.31. The smallest absolute Gasteiger partial charge is 0.117 e. The second-order valence-electron chi connectivity index (χ2n) is 3.63. The number of rotatable bonds is 0. The molecule has 0 aromatic carbocycles. The number of quaternary nitrogens is 1. The van der Waals surface area contributed by atoms with Crippen molar-refractivity contribution < 1.29 is 5.06 Å². The minimum atomic E-state index is 0.176. The van der Waals surface area contributed by atoms with Gasteiger partial charge in [0.25, 0.3) is 0 Å². The molecule has 1 heterocycles. The summed E-state index contributed by atoms with van der Waals surface area (Å²) >= 11 is 0. The summed E-state index contributed by atoms with van der Waals surface area (Å²) in [6, 6.07) is 2.12. The van der Waals surface area contributed by atoms with E-state index in [-0.39, 0.29) is 5.06 Å². The third-order valence-electron chi connectivity index (χ3n) is 2.93. The molecule has 0 saturated heterocycles. The van der Waals surface area contributed by atoms with E-state index in [1.54, 1.807) is 0 Å². The molecule has 1 unspecified atom stereocenters. The molecule has 13 heavy (non-hydrogen) atoms. The van der Waals surface area contributed by atoms with Crippen molar-refractivity contribution in [3.8, 4) is 6.07 Å². The Morgan fingerprint density at radius 1 is 1.46 bits per heavy atom. The van der Waals surface area contributed by atoms with Crippen LogP contribution in [0.3, 0.4) is 0 Å². The Balaban J connectivity index is 2.46. The van der Waals surface area contributed by atoms with E-state index in [0.717, 1.165) is 36.1 Å². The molecule has 3 nitrogen and oxygen atoms in total. The zero-order valence-electron chi connectivity index (χ0n) is 7.68. The third-order valence-corrected chi connectivity index (χ3v) is 2.93. The topological polar surface area (TPSA) is 51.3 Å². The van der Waals surface area contributed by atoms with Crippen LogP contribution in [0, 0.1) is 16.5 Å². The highest BCUT2D eigenvalue weighted by Gasteiger charge is 2.28. The molecule has 0 saturated carbocycles. The maximum atomic E-state index is 11.5. The quantitative estimate of drug-likeness (QED) is 0.551. The first-order chi connectivity index (χ1) is 6.24.